The summed E-state index contributed by atoms with van der Waals surface area (Å²) in [6.07, 6.45) is 2.74. The van der Waals surface area contributed by atoms with Gasteiger partial charge >= 0.3 is 0 Å². The zero-order valence-electron chi connectivity index (χ0n) is 11.5. The van der Waals surface area contributed by atoms with Crippen LogP contribution >= 0.6 is 0 Å². The van der Waals surface area contributed by atoms with E-state index in [-0.39, 0.29) is 0 Å². The number of piperidine rings is 1. The fourth-order valence-corrected chi connectivity index (χ4v) is 2.90. The Bertz CT molecular complexity index is 205. The van der Waals surface area contributed by atoms with Crippen molar-refractivity contribution in [3.63, 3.8) is 0 Å². The van der Waals surface area contributed by atoms with Gasteiger partial charge in [0.25, 0.3) is 0 Å². The third kappa shape index (κ3) is 4.21. The van der Waals surface area contributed by atoms with Crippen LogP contribution in [0, 0.1) is 0 Å². The molecule has 0 unspecified atom stereocenters. The maximum Gasteiger partial charge on any atom is 0.0121 e. The highest BCUT2D eigenvalue weighted by molar-refractivity contribution is 4.82. The zero-order valence-corrected chi connectivity index (χ0v) is 11.5. The molecular weight excluding hydrogens is 212 g/mol. The summed E-state index contributed by atoms with van der Waals surface area (Å²) in [6.45, 7) is 9.89. The average Bonchev–Trinajstić information content (AvgIpc) is 2.38. The minimum Gasteiger partial charge on any atom is -0.314 e. The molecule has 2 fully saturated rings. The van der Waals surface area contributed by atoms with E-state index in [0.29, 0.717) is 0 Å². The summed E-state index contributed by atoms with van der Waals surface area (Å²) in [6, 6.07) is 0.854. The molecule has 0 radical (unpaired) electrons. The number of nitrogens with one attached hydrogen (secondary N) is 1. The summed E-state index contributed by atoms with van der Waals surface area (Å²) in [5.74, 6) is 0. The minimum atomic E-state index is 0.854. The van der Waals surface area contributed by atoms with Crippen molar-refractivity contribution in [2.75, 3.05) is 66.5 Å². The van der Waals surface area contributed by atoms with Crippen molar-refractivity contribution in [3.05, 3.63) is 0 Å². The average molecular weight is 240 g/mol. The maximum absolute atomic E-state index is 3.44. The second-order valence-electron chi connectivity index (χ2n) is 5.66. The van der Waals surface area contributed by atoms with Crippen LogP contribution in [0.4, 0.5) is 0 Å². The Morgan fingerprint density at radius 1 is 1.06 bits per heavy atom. The van der Waals surface area contributed by atoms with Crippen molar-refractivity contribution in [2.45, 2.75) is 18.9 Å². The molecule has 0 aromatic heterocycles. The monoisotopic (exact) mass is 240 g/mol. The van der Waals surface area contributed by atoms with Crippen molar-refractivity contribution in [3.8, 4) is 0 Å². The second kappa shape index (κ2) is 6.69. The molecule has 0 aromatic rings. The van der Waals surface area contributed by atoms with Crippen LogP contribution in [-0.4, -0.2) is 87.2 Å². The van der Waals surface area contributed by atoms with E-state index in [4.69, 9.17) is 0 Å². The lowest BCUT2D eigenvalue weighted by molar-refractivity contribution is 0.0946. The van der Waals surface area contributed by atoms with Gasteiger partial charge in [-0.1, -0.05) is 0 Å². The topological polar surface area (TPSA) is 21.8 Å². The fourth-order valence-electron chi connectivity index (χ4n) is 2.90. The summed E-state index contributed by atoms with van der Waals surface area (Å²) in [7, 11) is 4.32. The van der Waals surface area contributed by atoms with Crippen LogP contribution in [0.1, 0.15) is 12.8 Å². The standard InChI is InChI=1S/C13H28N4/c1-15(2)11-12-16-7-3-13(4-8-16)17-9-5-14-6-10-17/h13-14H,3-12H2,1-2H3. The lowest BCUT2D eigenvalue weighted by atomic mass is 10.0. The Labute approximate surface area is 106 Å². The first-order valence-electron chi connectivity index (χ1n) is 7.07. The highest BCUT2D eigenvalue weighted by Crippen LogP contribution is 2.16. The van der Waals surface area contributed by atoms with Crippen LogP contribution in [0.15, 0.2) is 0 Å². The molecule has 2 aliphatic rings. The van der Waals surface area contributed by atoms with Crippen LogP contribution in [-0.2, 0) is 0 Å². The molecule has 0 bridgehead atoms. The van der Waals surface area contributed by atoms with Gasteiger partial charge in [-0.05, 0) is 40.0 Å². The van der Waals surface area contributed by atoms with Gasteiger partial charge in [-0.15, -0.1) is 0 Å². The fraction of sp³-hybridized carbons (Fsp3) is 1.00. The number of hydrogen-bond donors (Lipinski definition) is 1. The molecule has 0 spiro atoms. The molecule has 2 heterocycles. The Balaban J connectivity index is 1.66. The smallest absolute Gasteiger partial charge is 0.0121 e. The maximum atomic E-state index is 3.44. The summed E-state index contributed by atoms with van der Waals surface area (Å²) in [5.41, 5.74) is 0. The number of nitrogens with zero attached hydrogens (tertiary/aromatic N) is 3. The van der Waals surface area contributed by atoms with Crippen LogP contribution in [0.3, 0.4) is 0 Å². The molecule has 0 amide bonds. The molecule has 0 atom stereocenters. The number of hydrogen-bond acceptors (Lipinski definition) is 4. The molecule has 4 heteroatoms. The van der Waals surface area contributed by atoms with Gasteiger partial charge in [-0.2, -0.15) is 0 Å². The minimum absolute atomic E-state index is 0.854. The molecule has 0 aromatic carbocycles. The predicted octanol–water partition coefficient (Wildman–Crippen LogP) is -0.0824. The molecule has 100 valence electrons. The third-order valence-electron chi connectivity index (χ3n) is 4.09. The van der Waals surface area contributed by atoms with Gasteiger partial charge in [0, 0.05) is 45.3 Å². The second-order valence-corrected chi connectivity index (χ2v) is 5.66. The van der Waals surface area contributed by atoms with Gasteiger partial charge < -0.3 is 15.1 Å². The van der Waals surface area contributed by atoms with Crippen molar-refractivity contribution in [1.82, 2.24) is 20.0 Å². The summed E-state index contributed by atoms with van der Waals surface area (Å²) >= 11 is 0. The zero-order chi connectivity index (χ0) is 12.1. The van der Waals surface area contributed by atoms with E-state index in [1.54, 1.807) is 0 Å². The van der Waals surface area contributed by atoms with Crippen molar-refractivity contribution in [1.29, 1.82) is 0 Å². The van der Waals surface area contributed by atoms with Crippen LogP contribution in [0.25, 0.3) is 0 Å². The van der Waals surface area contributed by atoms with Crippen molar-refractivity contribution in [2.24, 2.45) is 0 Å². The summed E-state index contributed by atoms with van der Waals surface area (Å²) in [5, 5.41) is 3.44. The Morgan fingerprint density at radius 2 is 1.71 bits per heavy atom. The van der Waals surface area contributed by atoms with Crippen LogP contribution < -0.4 is 5.32 Å². The van der Waals surface area contributed by atoms with Gasteiger partial charge in [-0.3, -0.25) is 4.90 Å². The molecule has 2 rings (SSSR count). The number of piperazine rings is 1. The van der Waals surface area contributed by atoms with Crippen molar-refractivity contribution >= 4 is 0 Å². The molecule has 0 aliphatic carbocycles. The lowest BCUT2D eigenvalue weighted by Crippen LogP contribution is -2.52. The van der Waals surface area contributed by atoms with E-state index in [1.165, 1.54) is 65.2 Å². The molecule has 2 saturated heterocycles. The van der Waals surface area contributed by atoms with E-state index >= 15 is 0 Å². The molecule has 4 nitrogen and oxygen atoms in total. The SMILES string of the molecule is CN(C)CCN1CCC(N2CCNCC2)CC1. The van der Waals surface area contributed by atoms with E-state index in [2.05, 4.69) is 34.1 Å². The first-order chi connectivity index (χ1) is 8.25. The highest BCUT2D eigenvalue weighted by atomic mass is 15.2. The molecule has 2 aliphatic heterocycles. The van der Waals surface area contributed by atoms with Gasteiger partial charge in [0.05, 0.1) is 0 Å². The largest absolute Gasteiger partial charge is 0.314 e. The predicted molar refractivity (Wildman–Crippen MR) is 72.5 cm³/mol. The van der Waals surface area contributed by atoms with Crippen molar-refractivity contribution < 1.29 is 0 Å². The molecular formula is C13H28N4. The number of rotatable bonds is 4. The van der Waals surface area contributed by atoms with Crippen LogP contribution in [0.5, 0.6) is 0 Å². The van der Waals surface area contributed by atoms with Gasteiger partial charge in [0.1, 0.15) is 0 Å². The Hall–Kier alpha value is -0.160. The first kappa shape index (κ1) is 13.3. The third-order valence-corrected chi connectivity index (χ3v) is 4.09. The molecule has 1 N–H and O–H groups in total. The van der Waals surface area contributed by atoms with Gasteiger partial charge in [-0.25, -0.2) is 0 Å². The Morgan fingerprint density at radius 3 is 2.29 bits per heavy atom. The van der Waals surface area contributed by atoms with Gasteiger partial charge in [0.15, 0.2) is 0 Å². The summed E-state index contributed by atoms with van der Waals surface area (Å²) in [4.78, 5) is 7.60. The van der Waals surface area contributed by atoms with E-state index in [1.807, 2.05) is 0 Å². The van der Waals surface area contributed by atoms with E-state index < -0.39 is 0 Å². The lowest BCUT2D eigenvalue weighted by Gasteiger charge is -2.40. The molecule has 17 heavy (non-hydrogen) atoms. The first-order valence-corrected chi connectivity index (χ1v) is 7.07. The van der Waals surface area contributed by atoms with E-state index in [9.17, 15) is 0 Å². The Kier molecular flexibility index (Phi) is 5.22. The number of likely N-dealkylation sites (tertiary alicyclic amines) is 1. The normalized spacial score (nSPS) is 25.6. The van der Waals surface area contributed by atoms with Gasteiger partial charge in [0.2, 0.25) is 0 Å². The summed E-state index contributed by atoms with van der Waals surface area (Å²) < 4.78 is 0. The quantitative estimate of drug-likeness (QED) is 0.742. The number of likely N-dealkylation sites (N-methyl/N-ethyl adjacent to an activating group) is 1. The van der Waals surface area contributed by atoms with Crippen LogP contribution in [0.2, 0.25) is 0 Å². The van der Waals surface area contributed by atoms with E-state index in [0.717, 1.165) is 6.04 Å². The molecule has 0 saturated carbocycles. The highest BCUT2D eigenvalue weighted by Gasteiger charge is 2.25.